The first-order chi connectivity index (χ1) is 15.0. The van der Waals surface area contributed by atoms with E-state index in [4.69, 9.17) is 21.1 Å². The Bertz CT molecular complexity index is 1070. The molecule has 3 aromatic carbocycles. The Labute approximate surface area is 187 Å². The molecule has 1 N–H and O–H groups in total. The first-order valence-electron chi connectivity index (χ1n) is 10.0. The molecule has 0 fully saturated rings. The highest BCUT2D eigenvalue weighted by atomic mass is 35.5. The third-order valence-corrected chi connectivity index (χ3v) is 4.90. The van der Waals surface area contributed by atoms with E-state index >= 15 is 0 Å². The number of benzene rings is 3. The zero-order chi connectivity index (χ0) is 22.1. The van der Waals surface area contributed by atoms with E-state index in [1.165, 1.54) is 11.1 Å². The molecule has 0 heterocycles. The third kappa shape index (κ3) is 6.86. The van der Waals surface area contributed by atoms with Gasteiger partial charge >= 0.3 is 0 Å². The van der Waals surface area contributed by atoms with Gasteiger partial charge in [-0.15, -0.1) is 0 Å². The zero-order valence-electron chi connectivity index (χ0n) is 17.6. The Hall–Kier alpha value is -3.31. The molecule has 31 heavy (non-hydrogen) atoms. The van der Waals surface area contributed by atoms with Crippen LogP contribution in [0.2, 0.25) is 5.02 Å². The van der Waals surface area contributed by atoms with Crippen LogP contribution in [0.15, 0.2) is 71.8 Å². The lowest BCUT2D eigenvalue weighted by molar-refractivity contribution is 0.0955. The molecule has 3 aromatic rings. The van der Waals surface area contributed by atoms with E-state index in [9.17, 15) is 4.79 Å². The van der Waals surface area contributed by atoms with E-state index in [2.05, 4.69) is 30.4 Å². The van der Waals surface area contributed by atoms with Crippen molar-refractivity contribution in [2.75, 3.05) is 13.2 Å². The molecule has 0 aromatic heterocycles. The smallest absolute Gasteiger partial charge is 0.271 e. The summed E-state index contributed by atoms with van der Waals surface area (Å²) < 4.78 is 11.7. The summed E-state index contributed by atoms with van der Waals surface area (Å²) in [6.45, 7) is 5.22. The lowest BCUT2D eigenvalue weighted by Crippen LogP contribution is -2.17. The van der Waals surface area contributed by atoms with Crippen molar-refractivity contribution in [2.24, 2.45) is 5.10 Å². The number of carbonyl (C=O) groups is 1. The van der Waals surface area contributed by atoms with E-state index in [1.54, 1.807) is 30.5 Å². The standard InChI is InChI=1S/C25H25ClN2O3/c1-18-11-12-23(15-19(18)2)30-13-6-14-31-24-10-4-3-7-21(24)17-27-28-25(29)20-8-5-9-22(26)16-20/h3-5,7-12,15-17H,6,13-14H2,1-2H3,(H,28,29). The number of amides is 1. The van der Waals surface area contributed by atoms with Crippen LogP contribution in [-0.2, 0) is 0 Å². The van der Waals surface area contributed by atoms with Crippen molar-refractivity contribution >= 4 is 23.7 Å². The van der Waals surface area contributed by atoms with Gasteiger partial charge in [0.15, 0.2) is 0 Å². The number of halogens is 1. The number of hydrazone groups is 1. The van der Waals surface area contributed by atoms with Gasteiger partial charge in [0.05, 0.1) is 19.4 Å². The van der Waals surface area contributed by atoms with Crippen molar-refractivity contribution in [3.63, 3.8) is 0 Å². The minimum Gasteiger partial charge on any atom is -0.493 e. The third-order valence-electron chi connectivity index (χ3n) is 4.67. The molecule has 0 atom stereocenters. The fourth-order valence-corrected chi connectivity index (χ4v) is 3.00. The summed E-state index contributed by atoms with van der Waals surface area (Å²) in [5.74, 6) is 1.22. The van der Waals surface area contributed by atoms with E-state index < -0.39 is 0 Å². The van der Waals surface area contributed by atoms with Crippen LogP contribution in [0.1, 0.15) is 33.5 Å². The van der Waals surface area contributed by atoms with Crippen molar-refractivity contribution in [2.45, 2.75) is 20.3 Å². The predicted octanol–water partition coefficient (Wildman–Crippen LogP) is 5.57. The van der Waals surface area contributed by atoms with Crippen LogP contribution in [-0.4, -0.2) is 25.3 Å². The second-order valence-corrected chi connectivity index (χ2v) is 7.48. The summed E-state index contributed by atoms with van der Waals surface area (Å²) in [4.78, 5) is 12.1. The van der Waals surface area contributed by atoms with Gasteiger partial charge in [-0.3, -0.25) is 4.79 Å². The number of rotatable bonds is 9. The minimum atomic E-state index is -0.333. The fourth-order valence-electron chi connectivity index (χ4n) is 2.81. The van der Waals surface area contributed by atoms with Crippen molar-refractivity contribution in [3.05, 3.63) is 94.0 Å². The predicted molar refractivity (Wildman–Crippen MR) is 124 cm³/mol. The second kappa shape index (κ2) is 11.2. The number of aryl methyl sites for hydroxylation is 2. The van der Waals surface area contributed by atoms with Crippen LogP contribution in [0.5, 0.6) is 11.5 Å². The molecule has 0 aliphatic carbocycles. The largest absolute Gasteiger partial charge is 0.493 e. The van der Waals surface area contributed by atoms with Crippen molar-refractivity contribution in [1.82, 2.24) is 5.43 Å². The topological polar surface area (TPSA) is 59.9 Å². The maximum atomic E-state index is 12.1. The molecular weight excluding hydrogens is 412 g/mol. The maximum absolute atomic E-state index is 12.1. The Morgan fingerprint density at radius 1 is 0.968 bits per heavy atom. The van der Waals surface area contributed by atoms with Crippen molar-refractivity contribution in [1.29, 1.82) is 0 Å². The molecular formula is C25H25ClN2O3. The summed E-state index contributed by atoms with van der Waals surface area (Å²) in [6, 6.07) is 20.3. The molecule has 0 unspecified atom stereocenters. The van der Waals surface area contributed by atoms with Gasteiger partial charge in [0.25, 0.3) is 5.91 Å². The molecule has 0 spiro atoms. The van der Waals surface area contributed by atoms with Gasteiger partial charge in [-0.05, 0) is 67.4 Å². The van der Waals surface area contributed by atoms with Gasteiger partial charge in [0, 0.05) is 22.6 Å². The highest BCUT2D eigenvalue weighted by Gasteiger charge is 2.05. The molecule has 0 aliphatic heterocycles. The molecule has 3 rings (SSSR count). The number of hydrogen-bond donors (Lipinski definition) is 1. The average Bonchev–Trinajstić information content (AvgIpc) is 2.77. The molecule has 1 amide bonds. The SMILES string of the molecule is Cc1ccc(OCCCOc2ccccc2C=NNC(=O)c2cccc(Cl)c2)cc1C. The van der Waals surface area contributed by atoms with Crippen LogP contribution in [0.25, 0.3) is 0 Å². The fraction of sp³-hybridized carbons (Fsp3) is 0.200. The normalized spacial score (nSPS) is 10.8. The summed E-state index contributed by atoms with van der Waals surface area (Å²) >= 11 is 5.91. The average molecular weight is 437 g/mol. The molecule has 0 saturated heterocycles. The quantitative estimate of drug-likeness (QED) is 0.271. The molecule has 5 nitrogen and oxygen atoms in total. The lowest BCUT2D eigenvalue weighted by Gasteiger charge is -2.10. The van der Waals surface area contributed by atoms with E-state index in [0.717, 1.165) is 17.7 Å². The Morgan fingerprint density at radius 2 is 1.77 bits per heavy atom. The number of hydrogen-bond acceptors (Lipinski definition) is 4. The summed E-state index contributed by atoms with van der Waals surface area (Å²) in [6.07, 6.45) is 2.30. The maximum Gasteiger partial charge on any atom is 0.271 e. The van der Waals surface area contributed by atoms with Crippen LogP contribution in [0.4, 0.5) is 0 Å². The van der Waals surface area contributed by atoms with Gasteiger partial charge in [0.1, 0.15) is 11.5 Å². The molecule has 6 heteroatoms. The Kier molecular flexibility index (Phi) is 8.07. The van der Waals surface area contributed by atoms with Crippen LogP contribution in [0.3, 0.4) is 0 Å². The Morgan fingerprint density at radius 3 is 2.58 bits per heavy atom. The number of nitrogens with one attached hydrogen (secondary N) is 1. The molecule has 0 radical (unpaired) electrons. The lowest BCUT2D eigenvalue weighted by atomic mass is 10.1. The molecule has 0 bridgehead atoms. The summed E-state index contributed by atoms with van der Waals surface area (Å²) in [7, 11) is 0. The minimum absolute atomic E-state index is 0.333. The summed E-state index contributed by atoms with van der Waals surface area (Å²) in [5.41, 5.74) is 6.17. The van der Waals surface area contributed by atoms with Crippen LogP contribution < -0.4 is 14.9 Å². The van der Waals surface area contributed by atoms with Crippen molar-refractivity contribution < 1.29 is 14.3 Å². The van der Waals surface area contributed by atoms with Gasteiger partial charge in [-0.25, -0.2) is 5.43 Å². The highest BCUT2D eigenvalue weighted by Crippen LogP contribution is 2.18. The van der Waals surface area contributed by atoms with Crippen molar-refractivity contribution in [3.8, 4) is 11.5 Å². The van der Waals surface area contributed by atoms with Gasteiger partial charge in [-0.1, -0.05) is 35.9 Å². The number of nitrogens with zero attached hydrogens (tertiary/aromatic N) is 1. The van der Waals surface area contributed by atoms with E-state index in [0.29, 0.717) is 29.5 Å². The van der Waals surface area contributed by atoms with Crippen LogP contribution in [0, 0.1) is 13.8 Å². The Balaban J connectivity index is 1.47. The van der Waals surface area contributed by atoms with E-state index in [-0.39, 0.29) is 5.91 Å². The zero-order valence-corrected chi connectivity index (χ0v) is 18.4. The first-order valence-corrected chi connectivity index (χ1v) is 10.4. The highest BCUT2D eigenvalue weighted by molar-refractivity contribution is 6.30. The molecule has 0 saturated carbocycles. The monoisotopic (exact) mass is 436 g/mol. The van der Waals surface area contributed by atoms with E-state index in [1.807, 2.05) is 36.4 Å². The first kappa shape index (κ1) is 22.4. The molecule has 160 valence electrons. The second-order valence-electron chi connectivity index (χ2n) is 7.04. The van der Waals surface area contributed by atoms with Crippen LogP contribution >= 0.6 is 11.6 Å². The van der Waals surface area contributed by atoms with Gasteiger partial charge in [-0.2, -0.15) is 5.10 Å². The van der Waals surface area contributed by atoms with Gasteiger partial charge in [0.2, 0.25) is 0 Å². The number of para-hydroxylation sites is 1. The number of ether oxygens (including phenoxy) is 2. The number of carbonyl (C=O) groups excluding carboxylic acids is 1. The molecule has 0 aliphatic rings. The summed E-state index contributed by atoms with van der Waals surface area (Å²) in [5, 5.41) is 4.53. The van der Waals surface area contributed by atoms with Gasteiger partial charge < -0.3 is 9.47 Å².